The summed E-state index contributed by atoms with van der Waals surface area (Å²) in [7, 11) is 0. The Balaban J connectivity index is 1.84. The Labute approximate surface area is 175 Å². The second-order valence-electron chi connectivity index (χ2n) is 6.41. The van der Waals surface area contributed by atoms with Gasteiger partial charge in [0.2, 0.25) is 0 Å². The molecule has 8 heteroatoms. The maximum Gasteiger partial charge on any atom is 0.573 e. The van der Waals surface area contributed by atoms with Gasteiger partial charge in [0, 0.05) is 11.6 Å². The Bertz CT molecular complexity index is 1070. The van der Waals surface area contributed by atoms with Crippen molar-refractivity contribution >= 4 is 12.0 Å². The smallest absolute Gasteiger partial charge is 0.488 e. The van der Waals surface area contributed by atoms with Crippen LogP contribution in [0.25, 0.3) is 17.2 Å². The molecule has 0 amide bonds. The number of halogens is 4. The van der Waals surface area contributed by atoms with Crippen molar-refractivity contribution in [1.82, 2.24) is 0 Å². The van der Waals surface area contributed by atoms with Crippen LogP contribution in [0.1, 0.15) is 11.1 Å². The predicted octanol–water partition coefficient (Wildman–Crippen LogP) is 6.07. The second-order valence-corrected chi connectivity index (χ2v) is 6.41. The maximum atomic E-state index is 13.0. The Morgan fingerprint density at radius 2 is 1.58 bits per heavy atom. The average Bonchev–Trinajstić information content (AvgIpc) is 2.71. The molecule has 4 nitrogen and oxygen atoms in total. The number of carbonyl (C=O) groups is 1. The van der Waals surface area contributed by atoms with Crippen molar-refractivity contribution in [3.63, 3.8) is 0 Å². The van der Waals surface area contributed by atoms with Crippen LogP contribution in [-0.4, -0.2) is 17.4 Å². The van der Waals surface area contributed by atoms with Gasteiger partial charge in [0.25, 0.3) is 0 Å². The lowest BCUT2D eigenvalue weighted by Gasteiger charge is -2.12. The largest absolute Gasteiger partial charge is 0.573 e. The van der Waals surface area contributed by atoms with E-state index >= 15 is 0 Å². The summed E-state index contributed by atoms with van der Waals surface area (Å²) < 4.78 is 59.6. The van der Waals surface area contributed by atoms with Crippen LogP contribution < -0.4 is 9.47 Å². The molecule has 0 spiro atoms. The van der Waals surface area contributed by atoms with Crippen molar-refractivity contribution in [2.24, 2.45) is 0 Å². The first-order valence-corrected chi connectivity index (χ1v) is 8.98. The van der Waals surface area contributed by atoms with E-state index in [1.54, 1.807) is 30.3 Å². The molecule has 0 bridgehead atoms. The lowest BCUT2D eigenvalue weighted by molar-refractivity contribution is -0.274. The molecule has 0 aliphatic carbocycles. The Kier molecular flexibility index (Phi) is 6.59. The third-order valence-corrected chi connectivity index (χ3v) is 4.14. The number of hydrogen-bond acceptors (Lipinski definition) is 3. The third-order valence-electron chi connectivity index (χ3n) is 4.14. The number of ether oxygens (including phenoxy) is 2. The summed E-state index contributed by atoms with van der Waals surface area (Å²) in [5.74, 6) is -1.47. The number of alkyl halides is 3. The molecule has 3 aromatic rings. The molecule has 0 saturated carbocycles. The summed E-state index contributed by atoms with van der Waals surface area (Å²) in [6.07, 6.45) is -2.48. The molecule has 0 radical (unpaired) electrons. The van der Waals surface area contributed by atoms with Gasteiger partial charge in [-0.2, -0.15) is 0 Å². The van der Waals surface area contributed by atoms with Crippen LogP contribution in [0.15, 0.2) is 72.8 Å². The van der Waals surface area contributed by atoms with E-state index in [9.17, 15) is 22.4 Å². The molecule has 0 fully saturated rings. The monoisotopic (exact) mass is 432 g/mol. The molecule has 0 saturated heterocycles. The van der Waals surface area contributed by atoms with Crippen LogP contribution >= 0.6 is 0 Å². The highest BCUT2D eigenvalue weighted by Crippen LogP contribution is 2.30. The lowest BCUT2D eigenvalue weighted by atomic mass is 10.0. The van der Waals surface area contributed by atoms with Crippen LogP contribution in [0.3, 0.4) is 0 Å². The van der Waals surface area contributed by atoms with E-state index in [2.05, 4.69) is 4.74 Å². The zero-order valence-electron chi connectivity index (χ0n) is 15.9. The number of carboxylic acids is 1. The molecule has 0 aliphatic heterocycles. The molecule has 3 rings (SSSR count). The normalized spacial score (nSPS) is 11.5. The van der Waals surface area contributed by atoms with Crippen molar-refractivity contribution in [3.05, 3.63) is 89.8 Å². The maximum absolute atomic E-state index is 13.0. The molecule has 31 heavy (non-hydrogen) atoms. The van der Waals surface area contributed by atoms with E-state index in [1.165, 1.54) is 42.5 Å². The van der Waals surface area contributed by atoms with Gasteiger partial charge in [-0.1, -0.05) is 30.3 Å². The Hall–Kier alpha value is -3.81. The topological polar surface area (TPSA) is 55.8 Å². The molecule has 0 aromatic heterocycles. The highest BCUT2D eigenvalue weighted by atomic mass is 19.4. The van der Waals surface area contributed by atoms with Gasteiger partial charge in [0.05, 0.1) is 0 Å². The van der Waals surface area contributed by atoms with Crippen LogP contribution in [0.4, 0.5) is 17.6 Å². The number of benzene rings is 3. The van der Waals surface area contributed by atoms with Crippen molar-refractivity contribution < 1.29 is 36.9 Å². The minimum absolute atomic E-state index is 0.136. The van der Waals surface area contributed by atoms with Crippen LogP contribution in [0, 0.1) is 5.82 Å². The lowest BCUT2D eigenvalue weighted by Crippen LogP contribution is -2.16. The van der Waals surface area contributed by atoms with E-state index < -0.39 is 12.3 Å². The molecular weight excluding hydrogens is 416 g/mol. The molecule has 0 atom stereocenters. The summed E-state index contributed by atoms with van der Waals surface area (Å²) in [5, 5.41) is 8.94. The molecule has 3 aromatic carbocycles. The van der Waals surface area contributed by atoms with E-state index in [0.29, 0.717) is 22.4 Å². The molecule has 0 heterocycles. The Morgan fingerprint density at radius 3 is 2.19 bits per heavy atom. The first-order chi connectivity index (χ1) is 14.7. The minimum Gasteiger partial charge on any atom is -0.488 e. The standard InChI is InChI=1S/C23H16F4O4/c24-19-7-1-15(2-8-19)14-30-21-11-5-17(13-18(21)6-12-22(28)29)16-3-9-20(10-4-16)31-23(25,26)27/h1-13H,14H2,(H,28,29). The van der Waals surface area contributed by atoms with Gasteiger partial charge in [-0.05, 0) is 59.2 Å². The zero-order chi connectivity index (χ0) is 22.4. The predicted molar refractivity (Wildman–Crippen MR) is 106 cm³/mol. The highest BCUT2D eigenvalue weighted by Gasteiger charge is 2.30. The number of hydrogen-bond donors (Lipinski definition) is 1. The van der Waals surface area contributed by atoms with E-state index in [-0.39, 0.29) is 18.2 Å². The summed E-state index contributed by atoms with van der Waals surface area (Å²) in [6.45, 7) is 0.136. The zero-order valence-corrected chi connectivity index (χ0v) is 15.9. The first-order valence-electron chi connectivity index (χ1n) is 8.98. The van der Waals surface area contributed by atoms with Crippen molar-refractivity contribution in [1.29, 1.82) is 0 Å². The van der Waals surface area contributed by atoms with E-state index in [0.717, 1.165) is 11.6 Å². The quantitative estimate of drug-likeness (QED) is 0.364. The first kappa shape index (κ1) is 21.9. The molecule has 160 valence electrons. The summed E-state index contributed by atoms with van der Waals surface area (Å²) in [5.41, 5.74) is 2.42. The number of carboxylic acid groups (broad SMARTS) is 1. The van der Waals surface area contributed by atoms with Gasteiger partial charge >= 0.3 is 12.3 Å². The van der Waals surface area contributed by atoms with Gasteiger partial charge in [0.15, 0.2) is 0 Å². The number of aliphatic carboxylic acids is 1. The summed E-state index contributed by atoms with van der Waals surface area (Å²) >= 11 is 0. The summed E-state index contributed by atoms with van der Waals surface area (Å²) in [4.78, 5) is 10.9. The SMILES string of the molecule is O=C(O)C=Cc1cc(-c2ccc(OC(F)(F)F)cc2)ccc1OCc1ccc(F)cc1. The van der Waals surface area contributed by atoms with Crippen LogP contribution in [0.5, 0.6) is 11.5 Å². The van der Waals surface area contributed by atoms with E-state index in [1.807, 2.05) is 0 Å². The van der Waals surface area contributed by atoms with Gasteiger partial charge < -0.3 is 14.6 Å². The van der Waals surface area contributed by atoms with Crippen molar-refractivity contribution in [3.8, 4) is 22.6 Å². The fourth-order valence-electron chi connectivity index (χ4n) is 2.74. The third kappa shape index (κ3) is 6.60. The van der Waals surface area contributed by atoms with Gasteiger partial charge in [-0.15, -0.1) is 13.2 Å². The molecular formula is C23H16F4O4. The van der Waals surface area contributed by atoms with Crippen LogP contribution in [-0.2, 0) is 11.4 Å². The van der Waals surface area contributed by atoms with E-state index in [4.69, 9.17) is 9.84 Å². The summed E-state index contributed by atoms with van der Waals surface area (Å²) in [6, 6.07) is 16.0. The van der Waals surface area contributed by atoms with Gasteiger partial charge in [-0.25, -0.2) is 9.18 Å². The number of rotatable bonds is 7. The highest BCUT2D eigenvalue weighted by molar-refractivity contribution is 5.86. The molecule has 1 N–H and O–H groups in total. The van der Waals surface area contributed by atoms with Gasteiger partial charge in [-0.3, -0.25) is 0 Å². The van der Waals surface area contributed by atoms with Crippen molar-refractivity contribution in [2.45, 2.75) is 13.0 Å². The fourth-order valence-corrected chi connectivity index (χ4v) is 2.74. The van der Waals surface area contributed by atoms with Crippen LogP contribution in [0.2, 0.25) is 0 Å². The molecule has 0 aliphatic rings. The Morgan fingerprint density at radius 1 is 0.935 bits per heavy atom. The average molecular weight is 432 g/mol. The minimum atomic E-state index is -4.78. The molecule has 0 unspecified atom stereocenters. The van der Waals surface area contributed by atoms with Crippen molar-refractivity contribution in [2.75, 3.05) is 0 Å². The fraction of sp³-hybridized carbons (Fsp3) is 0.0870. The van der Waals surface area contributed by atoms with Gasteiger partial charge in [0.1, 0.15) is 23.9 Å². The second kappa shape index (κ2) is 9.34.